The lowest BCUT2D eigenvalue weighted by atomic mass is 10.2. The van der Waals surface area contributed by atoms with Crippen molar-refractivity contribution in [3.63, 3.8) is 0 Å². The number of aliphatic hydroxyl groups excluding tert-OH is 1. The monoisotopic (exact) mass is 289 g/mol. The Bertz CT molecular complexity index is 483. The molecule has 0 saturated carbocycles. The van der Waals surface area contributed by atoms with Crippen molar-refractivity contribution < 1.29 is 27.8 Å². The lowest BCUT2D eigenvalue weighted by Crippen LogP contribution is -2.24. The van der Waals surface area contributed by atoms with Gasteiger partial charge < -0.3 is 15.6 Å². The molecule has 7 heteroatoms. The predicted molar refractivity (Wildman–Crippen MR) is 65.9 cm³/mol. The molecule has 1 aromatic carbocycles. The van der Waals surface area contributed by atoms with E-state index in [4.69, 9.17) is 10.8 Å². The number of nitrogens with two attached hydrogens (primary N) is 1. The molecule has 0 unspecified atom stereocenters. The molecule has 0 heterocycles. The standard InChI is InChI=1S/C13H14F3NO3/c14-13(15,16)11(18)10(8-17)12(19)20-7-6-9-4-2-1-3-5-9/h1-5,18H,6-8,17H2/b11-10-. The highest BCUT2D eigenvalue weighted by Crippen LogP contribution is 2.26. The Morgan fingerprint density at radius 3 is 2.35 bits per heavy atom. The molecule has 1 aromatic rings. The van der Waals surface area contributed by atoms with Gasteiger partial charge in [-0.05, 0) is 5.56 Å². The largest absolute Gasteiger partial charge is 0.504 e. The number of ether oxygens (including phenoxy) is 1. The van der Waals surface area contributed by atoms with Crippen LogP contribution in [0.25, 0.3) is 0 Å². The first kappa shape index (κ1) is 16.0. The van der Waals surface area contributed by atoms with E-state index in [0.29, 0.717) is 6.42 Å². The molecular formula is C13H14F3NO3. The van der Waals surface area contributed by atoms with E-state index < -0.39 is 30.0 Å². The number of rotatable bonds is 5. The third kappa shape index (κ3) is 4.58. The van der Waals surface area contributed by atoms with Crippen LogP contribution >= 0.6 is 0 Å². The van der Waals surface area contributed by atoms with Gasteiger partial charge in [0.05, 0.1) is 12.2 Å². The Morgan fingerprint density at radius 2 is 1.85 bits per heavy atom. The van der Waals surface area contributed by atoms with Gasteiger partial charge >= 0.3 is 12.1 Å². The molecule has 0 aromatic heterocycles. The quantitative estimate of drug-likeness (QED) is 0.494. The number of halogens is 3. The average Bonchev–Trinajstić information content (AvgIpc) is 2.39. The number of esters is 1. The maximum absolute atomic E-state index is 12.3. The first-order chi connectivity index (χ1) is 9.36. The number of carbonyl (C=O) groups excluding carboxylic acids is 1. The molecule has 0 aliphatic carbocycles. The zero-order valence-electron chi connectivity index (χ0n) is 10.5. The SMILES string of the molecule is NC/C(C(=O)OCCc1ccccc1)=C(/O)C(F)(F)F. The summed E-state index contributed by atoms with van der Waals surface area (Å²) in [4.78, 5) is 11.4. The summed E-state index contributed by atoms with van der Waals surface area (Å²) in [6.07, 6.45) is -4.66. The van der Waals surface area contributed by atoms with Crippen molar-refractivity contribution in [2.45, 2.75) is 12.6 Å². The zero-order chi connectivity index (χ0) is 15.2. The van der Waals surface area contributed by atoms with Crippen LogP contribution in [-0.2, 0) is 16.0 Å². The molecule has 0 radical (unpaired) electrons. The van der Waals surface area contributed by atoms with Gasteiger partial charge in [0, 0.05) is 13.0 Å². The van der Waals surface area contributed by atoms with Crippen LogP contribution in [0.3, 0.4) is 0 Å². The molecule has 0 bridgehead atoms. The van der Waals surface area contributed by atoms with E-state index in [1.165, 1.54) is 0 Å². The van der Waals surface area contributed by atoms with Gasteiger partial charge in [-0.3, -0.25) is 0 Å². The number of benzene rings is 1. The lowest BCUT2D eigenvalue weighted by molar-refractivity contribution is -0.143. The third-order valence-electron chi connectivity index (χ3n) is 2.47. The molecule has 0 atom stereocenters. The molecular weight excluding hydrogens is 275 g/mol. The van der Waals surface area contributed by atoms with E-state index in [1.54, 1.807) is 24.3 Å². The normalized spacial score (nSPS) is 12.8. The van der Waals surface area contributed by atoms with E-state index >= 15 is 0 Å². The highest BCUT2D eigenvalue weighted by Gasteiger charge is 2.38. The fourth-order valence-electron chi connectivity index (χ4n) is 1.44. The molecule has 20 heavy (non-hydrogen) atoms. The van der Waals surface area contributed by atoms with Crippen molar-refractivity contribution in [3.8, 4) is 0 Å². The minimum atomic E-state index is -5.02. The molecule has 0 aliphatic rings. The summed E-state index contributed by atoms with van der Waals surface area (Å²) in [5.74, 6) is -3.28. The van der Waals surface area contributed by atoms with Crippen LogP contribution in [0.15, 0.2) is 41.7 Å². The minimum absolute atomic E-state index is 0.0997. The third-order valence-corrected chi connectivity index (χ3v) is 2.47. The summed E-state index contributed by atoms with van der Waals surface area (Å²) in [7, 11) is 0. The number of allylic oxidation sites excluding steroid dienone is 1. The Balaban J connectivity index is 2.61. The second kappa shape index (κ2) is 6.95. The smallest absolute Gasteiger partial charge is 0.449 e. The number of hydrogen-bond acceptors (Lipinski definition) is 4. The van der Waals surface area contributed by atoms with Gasteiger partial charge in [-0.1, -0.05) is 30.3 Å². The summed E-state index contributed by atoms with van der Waals surface area (Å²) in [5.41, 5.74) is 4.93. The van der Waals surface area contributed by atoms with Crippen LogP contribution in [0.1, 0.15) is 5.56 Å². The van der Waals surface area contributed by atoms with Crippen molar-refractivity contribution in [2.75, 3.05) is 13.2 Å². The molecule has 4 nitrogen and oxygen atoms in total. The lowest BCUT2D eigenvalue weighted by Gasteiger charge is -2.11. The van der Waals surface area contributed by atoms with Crippen LogP contribution < -0.4 is 5.73 Å². The Morgan fingerprint density at radius 1 is 1.25 bits per heavy atom. The van der Waals surface area contributed by atoms with Crippen molar-refractivity contribution in [3.05, 3.63) is 47.2 Å². The van der Waals surface area contributed by atoms with Gasteiger partial charge in [0.1, 0.15) is 0 Å². The summed E-state index contributed by atoms with van der Waals surface area (Å²) < 4.78 is 41.5. The highest BCUT2D eigenvalue weighted by molar-refractivity contribution is 5.89. The molecule has 0 saturated heterocycles. The van der Waals surface area contributed by atoms with Crippen LogP contribution in [-0.4, -0.2) is 30.4 Å². The molecule has 0 spiro atoms. The Kier molecular flexibility index (Phi) is 5.57. The molecule has 3 N–H and O–H groups in total. The first-order valence-electron chi connectivity index (χ1n) is 5.76. The van der Waals surface area contributed by atoms with Crippen molar-refractivity contribution >= 4 is 5.97 Å². The Labute approximate surface area is 113 Å². The van der Waals surface area contributed by atoms with E-state index in [-0.39, 0.29) is 6.61 Å². The minimum Gasteiger partial charge on any atom is -0.504 e. The van der Waals surface area contributed by atoms with E-state index in [1.807, 2.05) is 6.07 Å². The van der Waals surface area contributed by atoms with Crippen LogP contribution in [0.4, 0.5) is 13.2 Å². The Hall–Kier alpha value is -2.02. The number of hydrogen-bond donors (Lipinski definition) is 2. The number of alkyl halides is 3. The van der Waals surface area contributed by atoms with Crippen molar-refractivity contribution in [2.24, 2.45) is 5.73 Å². The predicted octanol–water partition coefficient (Wildman–Crippen LogP) is 2.11. The molecule has 0 aliphatic heterocycles. The molecule has 110 valence electrons. The van der Waals surface area contributed by atoms with Crippen LogP contribution in [0.2, 0.25) is 0 Å². The van der Waals surface area contributed by atoms with Gasteiger partial charge in [0.2, 0.25) is 5.76 Å². The van der Waals surface area contributed by atoms with Gasteiger partial charge in [-0.25, -0.2) is 4.79 Å². The van der Waals surface area contributed by atoms with Gasteiger partial charge in [-0.15, -0.1) is 0 Å². The molecule has 0 fully saturated rings. The van der Waals surface area contributed by atoms with Crippen LogP contribution in [0.5, 0.6) is 0 Å². The fourth-order valence-corrected chi connectivity index (χ4v) is 1.44. The maximum atomic E-state index is 12.3. The summed E-state index contributed by atoms with van der Waals surface area (Å²) in [5, 5.41) is 8.91. The average molecular weight is 289 g/mol. The topological polar surface area (TPSA) is 72.6 Å². The zero-order valence-corrected chi connectivity index (χ0v) is 10.5. The number of carbonyl (C=O) groups is 1. The van der Waals surface area contributed by atoms with Crippen molar-refractivity contribution in [1.82, 2.24) is 0 Å². The second-order valence-corrected chi connectivity index (χ2v) is 3.90. The fraction of sp³-hybridized carbons (Fsp3) is 0.308. The van der Waals surface area contributed by atoms with Crippen LogP contribution in [0, 0.1) is 0 Å². The summed E-state index contributed by atoms with van der Waals surface area (Å²) in [6.45, 7) is -0.854. The summed E-state index contributed by atoms with van der Waals surface area (Å²) in [6, 6.07) is 8.98. The van der Waals surface area contributed by atoms with Gasteiger partial charge in [0.15, 0.2) is 0 Å². The van der Waals surface area contributed by atoms with Crippen molar-refractivity contribution in [1.29, 1.82) is 0 Å². The van der Waals surface area contributed by atoms with E-state index in [0.717, 1.165) is 5.56 Å². The first-order valence-corrected chi connectivity index (χ1v) is 5.76. The van der Waals surface area contributed by atoms with Gasteiger partial charge in [-0.2, -0.15) is 13.2 Å². The van der Waals surface area contributed by atoms with E-state index in [2.05, 4.69) is 4.74 Å². The second-order valence-electron chi connectivity index (χ2n) is 3.90. The van der Waals surface area contributed by atoms with Gasteiger partial charge in [0.25, 0.3) is 0 Å². The maximum Gasteiger partial charge on any atom is 0.449 e. The molecule has 0 amide bonds. The number of aliphatic hydroxyl groups is 1. The summed E-state index contributed by atoms with van der Waals surface area (Å²) >= 11 is 0. The highest BCUT2D eigenvalue weighted by atomic mass is 19.4. The molecule has 1 rings (SSSR count). The van der Waals surface area contributed by atoms with E-state index in [9.17, 15) is 18.0 Å².